The molecule has 0 bridgehead atoms. The molecule has 0 aromatic heterocycles. The van der Waals surface area contributed by atoms with Gasteiger partial charge in [-0.05, 0) is 37.5 Å². The molecule has 18 heavy (non-hydrogen) atoms. The molecule has 0 saturated carbocycles. The van der Waals surface area contributed by atoms with E-state index in [1.807, 2.05) is 32.0 Å². The quantitative estimate of drug-likeness (QED) is 0.700. The Labute approximate surface area is 109 Å². The number of nitrogens with two attached hydrogens (primary N) is 1. The molecule has 1 atom stereocenters. The molecule has 0 saturated heterocycles. The number of anilines is 2. The van der Waals surface area contributed by atoms with E-state index in [9.17, 15) is 4.79 Å². The van der Waals surface area contributed by atoms with E-state index < -0.39 is 0 Å². The molecule has 0 aliphatic heterocycles. The molecule has 0 aliphatic carbocycles. The lowest BCUT2D eigenvalue weighted by Gasteiger charge is -2.17. The number of nitrogen functional groups attached to an aromatic ring is 1. The van der Waals surface area contributed by atoms with Gasteiger partial charge in [0.25, 0.3) is 0 Å². The van der Waals surface area contributed by atoms with Crippen LogP contribution in [0, 0.1) is 12.8 Å². The van der Waals surface area contributed by atoms with Crippen molar-refractivity contribution >= 4 is 17.3 Å². The summed E-state index contributed by atoms with van der Waals surface area (Å²) in [6, 6.07) is 5.44. The minimum Gasteiger partial charge on any atom is -0.397 e. The van der Waals surface area contributed by atoms with Crippen molar-refractivity contribution in [2.24, 2.45) is 5.92 Å². The topological polar surface area (TPSA) is 67.1 Å². The van der Waals surface area contributed by atoms with Crippen LogP contribution in [0.1, 0.15) is 26.3 Å². The number of amides is 1. The standard InChI is InChI=1S/C14H23N3O/c1-9(2)8-16-14(18)11(4)17-13-7-10(3)5-6-12(13)15/h5-7,9,11,17H,8,15H2,1-4H3,(H,16,18). The van der Waals surface area contributed by atoms with E-state index in [1.54, 1.807) is 0 Å². The highest BCUT2D eigenvalue weighted by atomic mass is 16.2. The van der Waals surface area contributed by atoms with Gasteiger partial charge in [-0.1, -0.05) is 19.9 Å². The van der Waals surface area contributed by atoms with Gasteiger partial charge in [-0.25, -0.2) is 0 Å². The molecule has 0 fully saturated rings. The van der Waals surface area contributed by atoms with Gasteiger partial charge in [0.05, 0.1) is 11.4 Å². The van der Waals surface area contributed by atoms with E-state index >= 15 is 0 Å². The normalized spacial score (nSPS) is 12.3. The molecular weight excluding hydrogens is 226 g/mol. The minimum atomic E-state index is -0.298. The van der Waals surface area contributed by atoms with Gasteiger partial charge in [-0.3, -0.25) is 4.79 Å². The second kappa shape index (κ2) is 6.28. The lowest BCUT2D eigenvalue weighted by Crippen LogP contribution is -2.39. The first-order valence-corrected chi connectivity index (χ1v) is 6.30. The Kier molecular flexibility index (Phi) is 5.01. The van der Waals surface area contributed by atoms with E-state index in [0.717, 1.165) is 11.3 Å². The largest absolute Gasteiger partial charge is 0.397 e. The molecule has 0 spiro atoms. The summed E-state index contributed by atoms with van der Waals surface area (Å²) in [7, 11) is 0. The lowest BCUT2D eigenvalue weighted by molar-refractivity contribution is -0.121. The summed E-state index contributed by atoms with van der Waals surface area (Å²) in [5.74, 6) is 0.440. The zero-order valence-electron chi connectivity index (χ0n) is 11.6. The monoisotopic (exact) mass is 249 g/mol. The first-order chi connectivity index (χ1) is 8.40. The summed E-state index contributed by atoms with van der Waals surface area (Å²) < 4.78 is 0. The van der Waals surface area contributed by atoms with E-state index in [1.165, 1.54) is 0 Å². The fraction of sp³-hybridized carbons (Fsp3) is 0.500. The summed E-state index contributed by atoms with van der Waals surface area (Å²) in [6.07, 6.45) is 0. The number of carbonyl (C=O) groups excluding carboxylic acids is 1. The zero-order valence-corrected chi connectivity index (χ0v) is 11.6. The van der Waals surface area contributed by atoms with Crippen LogP contribution in [0.25, 0.3) is 0 Å². The average Bonchev–Trinajstić information content (AvgIpc) is 2.30. The maximum atomic E-state index is 11.8. The van der Waals surface area contributed by atoms with Crippen LogP contribution < -0.4 is 16.4 Å². The highest BCUT2D eigenvalue weighted by Crippen LogP contribution is 2.20. The Morgan fingerprint density at radius 3 is 2.61 bits per heavy atom. The van der Waals surface area contributed by atoms with Crippen molar-refractivity contribution in [1.29, 1.82) is 0 Å². The summed E-state index contributed by atoms with van der Waals surface area (Å²) in [5, 5.41) is 6.03. The maximum absolute atomic E-state index is 11.8. The Hall–Kier alpha value is -1.71. The third-order valence-electron chi connectivity index (χ3n) is 2.66. The van der Waals surface area contributed by atoms with Crippen molar-refractivity contribution in [3.63, 3.8) is 0 Å². The summed E-state index contributed by atoms with van der Waals surface area (Å²) >= 11 is 0. The van der Waals surface area contributed by atoms with Crippen LogP contribution in [0.2, 0.25) is 0 Å². The molecule has 1 aromatic rings. The maximum Gasteiger partial charge on any atom is 0.242 e. The summed E-state index contributed by atoms with van der Waals surface area (Å²) in [5.41, 5.74) is 8.44. The second-order valence-electron chi connectivity index (χ2n) is 5.10. The highest BCUT2D eigenvalue weighted by Gasteiger charge is 2.13. The number of hydrogen-bond acceptors (Lipinski definition) is 3. The number of hydrogen-bond donors (Lipinski definition) is 3. The summed E-state index contributed by atoms with van der Waals surface area (Å²) in [6.45, 7) is 8.65. The number of aryl methyl sites for hydroxylation is 1. The van der Waals surface area contributed by atoms with Gasteiger partial charge >= 0.3 is 0 Å². The number of nitrogens with one attached hydrogen (secondary N) is 2. The smallest absolute Gasteiger partial charge is 0.242 e. The molecular formula is C14H23N3O. The number of benzene rings is 1. The van der Waals surface area contributed by atoms with E-state index in [-0.39, 0.29) is 11.9 Å². The lowest BCUT2D eigenvalue weighted by atomic mass is 10.1. The average molecular weight is 249 g/mol. The molecule has 1 amide bonds. The Morgan fingerprint density at radius 2 is 2.00 bits per heavy atom. The van der Waals surface area contributed by atoms with Gasteiger partial charge in [-0.2, -0.15) is 0 Å². The van der Waals surface area contributed by atoms with Gasteiger partial charge in [0.2, 0.25) is 5.91 Å². The number of rotatable bonds is 5. The molecule has 0 radical (unpaired) electrons. The van der Waals surface area contributed by atoms with Crippen molar-refractivity contribution in [3.8, 4) is 0 Å². The van der Waals surface area contributed by atoms with Gasteiger partial charge < -0.3 is 16.4 Å². The fourth-order valence-corrected chi connectivity index (χ4v) is 1.55. The SMILES string of the molecule is Cc1ccc(N)c(NC(C)C(=O)NCC(C)C)c1. The minimum absolute atomic E-state index is 0.00962. The molecule has 100 valence electrons. The molecule has 0 heterocycles. The van der Waals surface area contributed by atoms with Gasteiger partial charge in [0.15, 0.2) is 0 Å². The van der Waals surface area contributed by atoms with Crippen LogP contribution in [0.15, 0.2) is 18.2 Å². The predicted molar refractivity (Wildman–Crippen MR) is 76.5 cm³/mol. The molecule has 0 aliphatic rings. The molecule has 4 nitrogen and oxygen atoms in total. The highest BCUT2D eigenvalue weighted by molar-refractivity contribution is 5.85. The van der Waals surface area contributed by atoms with Gasteiger partial charge in [0, 0.05) is 6.54 Å². The van der Waals surface area contributed by atoms with E-state index in [0.29, 0.717) is 18.2 Å². The Balaban J connectivity index is 2.60. The third-order valence-corrected chi connectivity index (χ3v) is 2.66. The van der Waals surface area contributed by atoms with Crippen LogP contribution in [-0.2, 0) is 4.79 Å². The first kappa shape index (κ1) is 14.4. The number of carbonyl (C=O) groups is 1. The zero-order chi connectivity index (χ0) is 13.7. The van der Waals surface area contributed by atoms with Gasteiger partial charge in [0.1, 0.15) is 6.04 Å². The molecule has 1 rings (SSSR count). The molecule has 4 heteroatoms. The van der Waals surface area contributed by atoms with Crippen LogP contribution in [0.3, 0.4) is 0 Å². The second-order valence-corrected chi connectivity index (χ2v) is 5.10. The van der Waals surface area contributed by atoms with E-state index in [2.05, 4.69) is 24.5 Å². The van der Waals surface area contributed by atoms with Crippen LogP contribution >= 0.6 is 0 Å². The van der Waals surface area contributed by atoms with Crippen LogP contribution in [0.5, 0.6) is 0 Å². The van der Waals surface area contributed by atoms with Crippen LogP contribution in [-0.4, -0.2) is 18.5 Å². The molecule has 4 N–H and O–H groups in total. The predicted octanol–water partition coefficient (Wildman–Crippen LogP) is 2.15. The van der Waals surface area contributed by atoms with Crippen molar-refractivity contribution in [2.75, 3.05) is 17.6 Å². The Bertz CT molecular complexity index is 416. The van der Waals surface area contributed by atoms with Crippen molar-refractivity contribution in [2.45, 2.75) is 33.7 Å². The third kappa shape index (κ3) is 4.28. The first-order valence-electron chi connectivity index (χ1n) is 6.30. The summed E-state index contributed by atoms with van der Waals surface area (Å²) in [4.78, 5) is 11.8. The Morgan fingerprint density at radius 1 is 1.33 bits per heavy atom. The molecule has 1 unspecified atom stereocenters. The van der Waals surface area contributed by atoms with Crippen molar-refractivity contribution in [1.82, 2.24) is 5.32 Å². The fourth-order valence-electron chi connectivity index (χ4n) is 1.55. The van der Waals surface area contributed by atoms with Crippen molar-refractivity contribution < 1.29 is 4.79 Å². The molecule has 1 aromatic carbocycles. The van der Waals surface area contributed by atoms with Crippen LogP contribution in [0.4, 0.5) is 11.4 Å². The van der Waals surface area contributed by atoms with E-state index in [4.69, 9.17) is 5.73 Å². The van der Waals surface area contributed by atoms with Gasteiger partial charge in [-0.15, -0.1) is 0 Å². The van der Waals surface area contributed by atoms with Crippen molar-refractivity contribution in [3.05, 3.63) is 23.8 Å².